The molecule has 0 aromatic heterocycles. The minimum absolute atomic E-state index is 0.128. The first-order valence-electron chi connectivity index (χ1n) is 5.92. The summed E-state index contributed by atoms with van der Waals surface area (Å²) < 4.78 is 5.08. The lowest BCUT2D eigenvalue weighted by atomic mass is 10.0. The van der Waals surface area contributed by atoms with Gasteiger partial charge in [0.1, 0.15) is 5.75 Å². The summed E-state index contributed by atoms with van der Waals surface area (Å²) in [5.74, 6) is 0.440. The van der Waals surface area contributed by atoms with E-state index < -0.39 is 0 Å². The molecule has 4 nitrogen and oxygen atoms in total. The first kappa shape index (κ1) is 14.8. The Hall–Kier alpha value is -1.26. The van der Waals surface area contributed by atoms with E-state index in [9.17, 15) is 4.79 Å². The number of unbranched alkanes of at least 4 members (excludes halogenated alkanes) is 1. The zero-order valence-electron chi connectivity index (χ0n) is 10.5. The Morgan fingerprint density at radius 1 is 1.44 bits per heavy atom. The summed E-state index contributed by atoms with van der Waals surface area (Å²) in [4.78, 5) is 10.6. The minimum Gasteiger partial charge on any atom is -0.497 e. The monoisotopic (exact) mass is 270 g/mol. The lowest BCUT2D eigenvalue weighted by molar-refractivity contribution is -0.118. The normalized spacial score (nSPS) is 12.2. The van der Waals surface area contributed by atoms with Crippen molar-refractivity contribution in [2.75, 3.05) is 7.11 Å². The van der Waals surface area contributed by atoms with Crippen LogP contribution in [0.5, 0.6) is 5.75 Å². The van der Waals surface area contributed by atoms with Gasteiger partial charge in [-0.1, -0.05) is 24.1 Å². The number of halogens is 1. The van der Waals surface area contributed by atoms with Crippen LogP contribution in [0.15, 0.2) is 18.2 Å². The number of hydrogen-bond donors (Lipinski definition) is 2. The van der Waals surface area contributed by atoms with Gasteiger partial charge in [0.2, 0.25) is 5.91 Å². The van der Waals surface area contributed by atoms with E-state index in [-0.39, 0.29) is 11.9 Å². The topological polar surface area (TPSA) is 78.3 Å². The van der Waals surface area contributed by atoms with Crippen molar-refractivity contribution in [2.45, 2.75) is 31.7 Å². The molecule has 0 heterocycles. The van der Waals surface area contributed by atoms with Crippen LogP contribution in [0.2, 0.25) is 5.02 Å². The van der Waals surface area contributed by atoms with Gasteiger partial charge in [0.15, 0.2) is 0 Å². The summed E-state index contributed by atoms with van der Waals surface area (Å²) >= 11 is 6.13. The molecule has 0 saturated heterocycles. The van der Waals surface area contributed by atoms with Gasteiger partial charge in [-0.2, -0.15) is 0 Å². The van der Waals surface area contributed by atoms with E-state index in [2.05, 4.69) is 0 Å². The molecule has 0 aliphatic heterocycles. The number of primary amides is 1. The maximum Gasteiger partial charge on any atom is 0.217 e. The number of rotatable bonds is 7. The maximum absolute atomic E-state index is 10.6. The molecule has 100 valence electrons. The Kier molecular flexibility index (Phi) is 5.95. The average Bonchev–Trinajstić information content (AvgIpc) is 2.33. The van der Waals surface area contributed by atoms with Gasteiger partial charge in [0.25, 0.3) is 0 Å². The zero-order valence-corrected chi connectivity index (χ0v) is 11.2. The second-order valence-electron chi connectivity index (χ2n) is 4.21. The molecule has 1 amide bonds. The molecule has 0 aliphatic carbocycles. The van der Waals surface area contributed by atoms with Gasteiger partial charge in [0, 0.05) is 17.5 Å². The van der Waals surface area contributed by atoms with Gasteiger partial charge in [-0.05, 0) is 30.5 Å². The Morgan fingerprint density at radius 2 is 2.17 bits per heavy atom. The second kappa shape index (κ2) is 7.24. The largest absolute Gasteiger partial charge is 0.497 e. The molecule has 1 rings (SSSR count). The molecule has 1 aromatic rings. The zero-order chi connectivity index (χ0) is 13.5. The second-order valence-corrected chi connectivity index (χ2v) is 4.61. The summed E-state index contributed by atoms with van der Waals surface area (Å²) in [7, 11) is 1.59. The van der Waals surface area contributed by atoms with Crippen LogP contribution in [0.25, 0.3) is 0 Å². The predicted octanol–water partition coefficient (Wildman–Crippen LogP) is 2.39. The standard InChI is InChI=1S/C13H19ClN2O2/c1-18-9-6-7-10(11(14)8-9)12(15)4-2-3-5-13(16)17/h6-8,12H,2-5,15H2,1H3,(H2,16,17). The van der Waals surface area contributed by atoms with Crippen LogP contribution in [-0.2, 0) is 4.79 Å². The molecular formula is C13H19ClN2O2. The van der Waals surface area contributed by atoms with Crippen LogP contribution in [0.4, 0.5) is 0 Å². The van der Waals surface area contributed by atoms with Crippen molar-refractivity contribution in [1.82, 2.24) is 0 Å². The first-order valence-corrected chi connectivity index (χ1v) is 6.29. The van der Waals surface area contributed by atoms with Crippen LogP contribution in [0, 0.1) is 0 Å². The van der Waals surface area contributed by atoms with Crippen LogP contribution >= 0.6 is 11.6 Å². The fourth-order valence-corrected chi connectivity index (χ4v) is 2.07. The van der Waals surface area contributed by atoms with Gasteiger partial charge >= 0.3 is 0 Å². The van der Waals surface area contributed by atoms with Crippen molar-refractivity contribution in [3.05, 3.63) is 28.8 Å². The molecule has 0 radical (unpaired) electrons. The number of methoxy groups -OCH3 is 1. The van der Waals surface area contributed by atoms with E-state index >= 15 is 0 Å². The molecule has 0 bridgehead atoms. The third-order valence-electron chi connectivity index (χ3n) is 2.80. The van der Waals surface area contributed by atoms with Gasteiger partial charge in [-0.25, -0.2) is 0 Å². The molecule has 0 saturated carbocycles. The highest BCUT2D eigenvalue weighted by Crippen LogP contribution is 2.28. The number of ether oxygens (including phenoxy) is 1. The van der Waals surface area contributed by atoms with Gasteiger partial charge < -0.3 is 16.2 Å². The molecule has 4 N–H and O–H groups in total. The van der Waals surface area contributed by atoms with E-state index in [4.69, 9.17) is 27.8 Å². The molecule has 1 aromatic carbocycles. The number of nitrogens with two attached hydrogens (primary N) is 2. The molecule has 0 aliphatic rings. The number of carbonyl (C=O) groups excluding carboxylic acids is 1. The fraction of sp³-hybridized carbons (Fsp3) is 0.462. The predicted molar refractivity (Wildman–Crippen MR) is 72.6 cm³/mol. The first-order chi connectivity index (χ1) is 8.54. The Morgan fingerprint density at radius 3 is 2.72 bits per heavy atom. The third-order valence-corrected chi connectivity index (χ3v) is 3.12. The highest BCUT2D eigenvalue weighted by molar-refractivity contribution is 6.31. The summed E-state index contributed by atoms with van der Waals surface area (Å²) in [6.07, 6.45) is 2.80. The molecule has 18 heavy (non-hydrogen) atoms. The summed E-state index contributed by atoms with van der Waals surface area (Å²) in [6, 6.07) is 5.33. The van der Waals surface area contributed by atoms with E-state index in [0.29, 0.717) is 17.2 Å². The van der Waals surface area contributed by atoms with E-state index in [1.54, 1.807) is 13.2 Å². The van der Waals surface area contributed by atoms with Crippen molar-refractivity contribution in [1.29, 1.82) is 0 Å². The van der Waals surface area contributed by atoms with Crippen LogP contribution < -0.4 is 16.2 Å². The van der Waals surface area contributed by atoms with Gasteiger partial charge in [-0.3, -0.25) is 4.79 Å². The highest BCUT2D eigenvalue weighted by Gasteiger charge is 2.11. The average molecular weight is 271 g/mol. The summed E-state index contributed by atoms with van der Waals surface area (Å²) in [5, 5.41) is 0.608. The quantitative estimate of drug-likeness (QED) is 0.747. The minimum atomic E-state index is -0.272. The van der Waals surface area contributed by atoms with Crippen molar-refractivity contribution in [3.8, 4) is 5.75 Å². The number of benzene rings is 1. The number of carbonyl (C=O) groups is 1. The van der Waals surface area contributed by atoms with Crippen LogP contribution in [-0.4, -0.2) is 13.0 Å². The van der Waals surface area contributed by atoms with E-state index in [1.807, 2.05) is 12.1 Å². The fourth-order valence-electron chi connectivity index (χ4n) is 1.75. The lowest BCUT2D eigenvalue weighted by Gasteiger charge is -2.14. The Labute approximate surface area is 112 Å². The molecule has 5 heteroatoms. The van der Waals surface area contributed by atoms with Gasteiger partial charge in [-0.15, -0.1) is 0 Å². The van der Waals surface area contributed by atoms with Gasteiger partial charge in [0.05, 0.1) is 7.11 Å². The number of amides is 1. The van der Waals surface area contributed by atoms with Crippen molar-refractivity contribution in [3.63, 3.8) is 0 Å². The lowest BCUT2D eigenvalue weighted by Crippen LogP contribution is -2.12. The SMILES string of the molecule is COc1ccc(C(N)CCCCC(N)=O)c(Cl)c1. The van der Waals surface area contributed by atoms with Crippen LogP contribution in [0.1, 0.15) is 37.3 Å². The van der Waals surface area contributed by atoms with Crippen molar-refractivity contribution in [2.24, 2.45) is 11.5 Å². The van der Waals surface area contributed by atoms with E-state index in [0.717, 1.165) is 24.8 Å². The molecular weight excluding hydrogens is 252 g/mol. The third kappa shape index (κ3) is 4.55. The van der Waals surface area contributed by atoms with Crippen LogP contribution in [0.3, 0.4) is 0 Å². The van der Waals surface area contributed by atoms with E-state index in [1.165, 1.54) is 0 Å². The molecule has 1 unspecified atom stereocenters. The molecule has 0 spiro atoms. The van der Waals surface area contributed by atoms with Crippen molar-refractivity contribution < 1.29 is 9.53 Å². The highest BCUT2D eigenvalue weighted by atomic mass is 35.5. The molecule has 1 atom stereocenters. The Bertz CT molecular complexity index is 410. The summed E-state index contributed by atoms with van der Waals surface area (Å²) in [6.45, 7) is 0. The summed E-state index contributed by atoms with van der Waals surface area (Å²) in [5.41, 5.74) is 12.0. The number of hydrogen-bond acceptors (Lipinski definition) is 3. The smallest absolute Gasteiger partial charge is 0.217 e. The maximum atomic E-state index is 10.6. The van der Waals surface area contributed by atoms with Crippen molar-refractivity contribution >= 4 is 17.5 Å². The molecule has 0 fully saturated rings. The Balaban J connectivity index is 2.50.